The number of nitro benzene ring substituents is 1. The van der Waals surface area contributed by atoms with Crippen molar-refractivity contribution in [3.05, 3.63) is 57.5 Å². The van der Waals surface area contributed by atoms with Gasteiger partial charge in [-0.25, -0.2) is 4.79 Å². The maximum Gasteiger partial charge on any atom is 0.371 e. The molecule has 0 saturated heterocycles. The number of para-hydroxylation sites is 1. The fraction of sp³-hybridized carbons (Fsp3) is 0.154. The van der Waals surface area contributed by atoms with E-state index in [-0.39, 0.29) is 29.6 Å². The summed E-state index contributed by atoms with van der Waals surface area (Å²) >= 11 is 0. The molecule has 0 saturated carbocycles. The van der Waals surface area contributed by atoms with Crippen LogP contribution in [0.2, 0.25) is 0 Å². The van der Waals surface area contributed by atoms with Crippen LogP contribution in [0.5, 0.6) is 5.75 Å². The quantitative estimate of drug-likeness (QED) is 0.665. The van der Waals surface area contributed by atoms with Gasteiger partial charge in [-0.15, -0.1) is 0 Å². The number of rotatable bonds is 5. The third-order valence-electron chi connectivity index (χ3n) is 2.62. The Balaban J connectivity index is 2.18. The number of nitro groups is 1. The summed E-state index contributed by atoms with van der Waals surface area (Å²) in [5, 5.41) is 19.6. The van der Waals surface area contributed by atoms with E-state index in [1.54, 1.807) is 19.1 Å². The molecule has 0 radical (unpaired) electrons. The summed E-state index contributed by atoms with van der Waals surface area (Å²) in [7, 11) is 0. The van der Waals surface area contributed by atoms with Gasteiger partial charge in [0.25, 0.3) is 0 Å². The Labute approximate surface area is 113 Å². The van der Waals surface area contributed by atoms with Crippen LogP contribution in [0.25, 0.3) is 0 Å². The molecule has 0 bridgehead atoms. The first kappa shape index (κ1) is 13.6. The molecule has 0 fully saturated rings. The molecule has 20 heavy (non-hydrogen) atoms. The Morgan fingerprint density at radius 2 is 2.15 bits per heavy atom. The van der Waals surface area contributed by atoms with Crippen LogP contribution in [0.3, 0.4) is 0 Å². The van der Waals surface area contributed by atoms with Crippen LogP contribution in [0.4, 0.5) is 5.69 Å². The molecule has 1 N–H and O–H groups in total. The van der Waals surface area contributed by atoms with E-state index in [2.05, 4.69) is 0 Å². The number of nitrogens with zero attached hydrogens (tertiary/aromatic N) is 1. The Kier molecular flexibility index (Phi) is 3.69. The molecule has 2 aromatic rings. The Hall–Kier alpha value is -2.83. The zero-order valence-corrected chi connectivity index (χ0v) is 10.5. The van der Waals surface area contributed by atoms with Crippen LogP contribution >= 0.6 is 0 Å². The molecule has 0 aliphatic carbocycles. The summed E-state index contributed by atoms with van der Waals surface area (Å²) in [6.07, 6.45) is 0. The van der Waals surface area contributed by atoms with E-state index in [9.17, 15) is 14.9 Å². The summed E-state index contributed by atoms with van der Waals surface area (Å²) < 4.78 is 10.4. The molecule has 0 aliphatic rings. The first-order chi connectivity index (χ1) is 9.49. The number of benzene rings is 1. The smallest absolute Gasteiger partial charge is 0.371 e. The Bertz CT molecular complexity index is 661. The second-order valence-electron chi connectivity index (χ2n) is 4.04. The average molecular weight is 277 g/mol. The zero-order chi connectivity index (χ0) is 14.7. The minimum absolute atomic E-state index is 0.0844. The predicted octanol–water partition coefficient (Wildman–Crippen LogP) is 2.77. The summed E-state index contributed by atoms with van der Waals surface area (Å²) in [6, 6.07) is 7.34. The van der Waals surface area contributed by atoms with Gasteiger partial charge in [0.2, 0.25) is 11.5 Å². The molecule has 0 amide bonds. The topological polar surface area (TPSA) is 103 Å². The van der Waals surface area contributed by atoms with Crippen LogP contribution in [-0.2, 0) is 6.61 Å². The number of hydrogen-bond acceptors (Lipinski definition) is 5. The van der Waals surface area contributed by atoms with Crippen LogP contribution in [0.15, 0.2) is 34.7 Å². The van der Waals surface area contributed by atoms with Crippen LogP contribution < -0.4 is 4.74 Å². The third kappa shape index (κ3) is 2.77. The highest BCUT2D eigenvalue weighted by Crippen LogP contribution is 2.31. The lowest BCUT2D eigenvalue weighted by Gasteiger charge is -2.07. The van der Waals surface area contributed by atoms with Gasteiger partial charge in [-0.3, -0.25) is 10.1 Å². The minimum Gasteiger partial charge on any atom is -0.478 e. The lowest BCUT2D eigenvalue weighted by atomic mass is 10.2. The Morgan fingerprint density at radius 3 is 2.75 bits per heavy atom. The second-order valence-corrected chi connectivity index (χ2v) is 4.04. The SMILES string of the molecule is Cc1cccc([N+](=O)[O-])c1OCc1ccc(C(=O)O)o1. The highest BCUT2D eigenvalue weighted by atomic mass is 16.6. The van der Waals surface area contributed by atoms with Gasteiger partial charge in [0.15, 0.2) is 0 Å². The first-order valence-corrected chi connectivity index (χ1v) is 5.68. The molecular weight excluding hydrogens is 266 g/mol. The van der Waals surface area contributed by atoms with Crippen molar-refractivity contribution in [3.8, 4) is 5.75 Å². The highest BCUT2D eigenvalue weighted by Gasteiger charge is 2.18. The fourth-order valence-corrected chi connectivity index (χ4v) is 1.68. The molecule has 1 heterocycles. The number of aromatic carboxylic acids is 1. The highest BCUT2D eigenvalue weighted by molar-refractivity contribution is 5.84. The number of carbonyl (C=O) groups is 1. The lowest BCUT2D eigenvalue weighted by molar-refractivity contribution is -0.386. The maximum atomic E-state index is 10.9. The molecule has 7 nitrogen and oxygen atoms in total. The standard InChI is InChI=1S/C13H11NO6/c1-8-3-2-4-10(14(17)18)12(8)19-7-9-5-6-11(20-9)13(15)16/h2-6H,7H2,1H3,(H,15,16). The van der Waals surface area contributed by atoms with Crippen LogP contribution in [-0.4, -0.2) is 16.0 Å². The average Bonchev–Trinajstić information content (AvgIpc) is 2.86. The number of ether oxygens (including phenoxy) is 1. The number of aryl methyl sites for hydroxylation is 1. The van der Waals surface area contributed by atoms with Crippen molar-refractivity contribution in [1.82, 2.24) is 0 Å². The van der Waals surface area contributed by atoms with Gasteiger partial charge in [-0.05, 0) is 24.6 Å². The number of furan rings is 1. The normalized spacial score (nSPS) is 10.2. The van der Waals surface area contributed by atoms with Gasteiger partial charge < -0.3 is 14.3 Å². The minimum atomic E-state index is -1.18. The molecule has 2 rings (SSSR count). The van der Waals surface area contributed by atoms with Gasteiger partial charge in [0, 0.05) is 6.07 Å². The number of carboxylic acid groups (broad SMARTS) is 1. The van der Waals surface area contributed by atoms with Gasteiger partial charge in [-0.2, -0.15) is 0 Å². The number of hydrogen-bond donors (Lipinski definition) is 1. The first-order valence-electron chi connectivity index (χ1n) is 5.68. The van der Waals surface area contributed by atoms with Gasteiger partial charge >= 0.3 is 11.7 Å². The van der Waals surface area contributed by atoms with Gasteiger partial charge in [0.1, 0.15) is 12.4 Å². The van der Waals surface area contributed by atoms with Crippen molar-refractivity contribution in [2.45, 2.75) is 13.5 Å². The third-order valence-corrected chi connectivity index (χ3v) is 2.62. The Morgan fingerprint density at radius 1 is 1.40 bits per heavy atom. The van der Waals surface area contributed by atoms with E-state index in [0.717, 1.165) is 0 Å². The van der Waals surface area contributed by atoms with Crippen molar-refractivity contribution < 1.29 is 24.0 Å². The molecule has 0 unspecified atom stereocenters. The molecule has 7 heteroatoms. The molecule has 0 atom stereocenters. The molecule has 1 aromatic carbocycles. The zero-order valence-electron chi connectivity index (χ0n) is 10.5. The van der Waals surface area contributed by atoms with E-state index in [4.69, 9.17) is 14.3 Å². The van der Waals surface area contributed by atoms with Crippen LogP contribution in [0.1, 0.15) is 21.9 Å². The molecule has 0 aliphatic heterocycles. The van der Waals surface area contributed by atoms with Crippen molar-refractivity contribution in [1.29, 1.82) is 0 Å². The summed E-state index contributed by atoms with van der Waals surface area (Å²) in [5.41, 5.74) is 0.472. The maximum absolute atomic E-state index is 10.9. The number of carboxylic acids is 1. The van der Waals surface area contributed by atoms with E-state index in [0.29, 0.717) is 5.56 Å². The van der Waals surface area contributed by atoms with Gasteiger partial charge in [0.05, 0.1) is 4.92 Å². The second kappa shape index (κ2) is 5.43. The molecular formula is C13H11NO6. The van der Waals surface area contributed by atoms with Crippen molar-refractivity contribution in [2.75, 3.05) is 0 Å². The van der Waals surface area contributed by atoms with Crippen molar-refractivity contribution in [2.24, 2.45) is 0 Å². The van der Waals surface area contributed by atoms with Gasteiger partial charge in [-0.1, -0.05) is 12.1 Å². The summed E-state index contributed by atoms with van der Waals surface area (Å²) in [5.74, 6) is -0.966. The van der Waals surface area contributed by atoms with Crippen molar-refractivity contribution >= 4 is 11.7 Å². The fourth-order valence-electron chi connectivity index (χ4n) is 1.68. The largest absolute Gasteiger partial charge is 0.478 e. The molecule has 104 valence electrons. The lowest BCUT2D eigenvalue weighted by Crippen LogP contribution is -2.00. The van der Waals surface area contributed by atoms with E-state index >= 15 is 0 Å². The van der Waals surface area contributed by atoms with E-state index < -0.39 is 10.9 Å². The molecule has 0 spiro atoms. The summed E-state index contributed by atoms with van der Waals surface area (Å²) in [4.78, 5) is 21.0. The monoisotopic (exact) mass is 277 g/mol. The van der Waals surface area contributed by atoms with E-state index in [1.165, 1.54) is 18.2 Å². The van der Waals surface area contributed by atoms with Crippen molar-refractivity contribution in [3.63, 3.8) is 0 Å². The van der Waals surface area contributed by atoms with Crippen LogP contribution in [0, 0.1) is 17.0 Å². The predicted molar refractivity (Wildman–Crippen MR) is 67.8 cm³/mol. The summed E-state index contributed by atoms with van der Waals surface area (Å²) in [6.45, 7) is 1.60. The molecule has 1 aromatic heterocycles. The van der Waals surface area contributed by atoms with E-state index in [1.807, 2.05) is 0 Å².